The summed E-state index contributed by atoms with van der Waals surface area (Å²) in [5.41, 5.74) is 0.886. The second-order valence-electron chi connectivity index (χ2n) is 6.57. The zero-order valence-corrected chi connectivity index (χ0v) is 15.6. The Morgan fingerprint density at radius 1 is 1.19 bits per heavy atom. The molecule has 2 aromatic rings. The van der Waals surface area contributed by atoms with Crippen LogP contribution in [0.4, 0.5) is 10.5 Å². The second-order valence-corrected chi connectivity index (χ2v) is 6.57. The number of carbonyl (C=O) groups is 2. The van der Waals surface area contributed by atoms with E-state index in [0.29, 0.717) is 45.7 Å². The van der Waals surface area contributed by atoms with Gasteiger partial charge >= 0.3 is 6.03 Å². The molecule has 1 saturated heterocycles. The number of amides is 3. The summed E-state index contributed by atoms with van der Waals surface area (Å²) in [7, 11) is 1.79. The Bertz CT molecular complexity index is 726. The van der Waals surface area contributed by atoms with Crippen LogP contribution in [0.25, 0.3) is 0 Å². The lowest BCUT2D eigenvalue weighted by Gasteiger charge is -2.35. The van der Waals surface area contributed by atoms with Gasteiger partial charge < -0.3 is 20.1 Å². The predicted molar refractivity (Wildman–Crippen MR) is 104 cm³/mol. The van der Waals surface area contributed by atoms with Gasteiger partial charge in [0.2, 0.25) is 5.91 Å². The van der Waals surface area contributed by atoms with Crippen molar-refractivity contribution in [1.29, 1.82) is 0 Å². The number of anilines is 1. The average molecular weight is 370 g/mol. The molecule has 0 atom stereocenters. The summed E-state index contributed by atoms with van der Waals surface area (Å²) in [4.78, 5) is 37.4. The lowest BCUT2D eigenvalue weighted by molar-refractivity contribution is -0.119. The van der Waals surface area contributed by atoms with Crippen molar-refractivity contribution in [2.45, 2.75) is 6.42 Å². The fourth-order valence-corrected chi connectivity index (χ4v) is 3.04. The van der Waals surface area contributed by atoms with Gasteiger partial charge in [0.15, 0.2) is 0 Å². The SMILES string of the molecule is CN(C(=O)CN1CCN(C(=O)NCCc2ncc[nH]2)CC1)c1ccccc1. The third-order valence-corrected chi connectivity index (χ3v) is 4.73. The summed E-state index contributed by atoms with van der Waals surface area (Å²) in [6.07, 6.45) is 4.15. The molecule has 1 aliphatic heterocycles. The summed E-state index contributed by atoms with van der Waals surface area (Å²) >= 11 is 0. The van der Waals surface area contributed by atoms with Gasteiger partial charge in [-0.05, 0) is 12.1 Å². The summed E-state index contributed by atoms with van der Waals surface area (Å²) in [5, 5.41) is 2.92. The molecule has 0 unspecified atom stereocenters. The number of aromatic nitrogens is 2. The summed E-state index contributed by atoms with van der Waals surface area (Å²) < 4.78 is 0. The molecule has 3 rings (SSSR count). The first-order valence-corrected chi connectivity index (χ1v) is 9.18. The number of benzene rings is 1. The highest BCUT2D eigenvalue weighted by atomic mass is 16.2. The van der Waals surface area contributed by atoms with E-state index in [-0.39, 0.29) is 11.9 Å². The number of likely N-dealkylation sites (N-methyl/N-ethyl adjacent to an activating group) is 1. The van der Waals surface area contributed by atoms with Crippen LogP contribution in [0.3, 0.4) is 0 Å². The van der Waals surface area contributed by atoms with Crippen LogP contribution in [0.15, 0.2) is 42.7 Å². The number of hydrogen-bond donors (Lipinski definition) is 2. The Kier molecular flexibility index (Phi) is 6.43. The van der Waals surface area contributed by atoms with E-state index in [9.17, 15) is 9.59 Å². The Balaban J connectivity index is 1.38. The topological polar surface area (TPSA) is 84.6 Å². The van der Waals surface area contributed by atoms with Crippen LogP contribution in [0, 0.1) is 0 Å². The number of imidazole rings is 1. The van der Waals surface area contributed by atoms with Crippen LogP contribution in [-0.2, 0) is 11.2 Å². The van der Waals surface area contributed by atoms with Gasteiger partial charge in [-0.1, -0.05) is 18.2 Å². The number of rotatable bonds is 6. The number of aromatic amines is 1. The first-order valence-electron chi connectivity index (χ1n) is 9.18. The van der Waals surface area contributed by atoms with E-state index in [1.54, 1.807) is 29.2 Å². The zero-order chi connectivity index (χ0) is 19.1. The van der Waals surface area contributed by atoms with Crippen molar-refractivity contribution in [3.8, 4) is 0 Å². The fraction of sp³-hybridized carbons (Fsp3) is 0.421. The fourth-order valence-electron chi connectivity index (χ4n) is 3.04. The molecule has 0 bridgehead atoms. The molecule has 8 heteroatoms. The number of hydrogen-bond acceptors (Lipinski definition) is 4. The van der Waals surface area contributed by atoms with E-state index in [1.165, 1.54) is 0 Å². The minimum Gasteiger partial charge on any atom is -0.349 e. The molecule has 1 aromatic heterocycles. The summed E-state index contributed by atoms with van der Waals surface area (Å²) in [6.45, 7) is 3.54. The standard InChI is InChI=1S/C19H26N6O2/c1-23(16-5-3-2-4-6-16)18(26)15-24-11-13-25(14-12-24)19(27)22-8-7-17-20-9-10-21-17/h2-6,9-10H,7-8,11-15H2,1H3,(H,20,21)(H,22,27). The maximum atomic E-state index is 12.5. The zero-order valence-electron chi connectivity index (χ0n) is 15.6. The predicted octanol–water partition coefficient (Wildman–Crippen LogP) is 0.942. The van der Waals surface area contributed by atoms with E-state index >= 15 is 0 Å². The molecule has 0 spiro atoms. The van der Waals surface area contributed by atoms with Crippen molar-refractivity contribution >= 4 is 17.6 Å². The van der Waals surface area contributed by atoms with Gasteiger partial charge in [0, 0.05) is 64.3 Å². The first kappa shape index (κ1) is 18.9. The van der Waals surface area contributed by atoms with E-state index in [2.05, 4.69) is 20.2 Å². The molecule has 27 heavy (non-hydrogen) atoms. The number of urea groups is 1. The normalized spacial score (nSPS) is 14.8. The van der Waals surface area contributed by atoms with Crippen LogP contribution in [0.5, 0.6) is 0 Å². The minimum atomic E-state index is -0.0612. The van der Waals surface area contributed by atoms with Gasteiger partial charge in [-0.25, -0.2) is 9.78 Å². The number of carbonyl (C=O) groups excluding carboxylic acids is 2. The molecule has 2 heterocycles. The lowest BCUT2D eigenvalue weighted by atomic mass is 10.2. The highest BCUT2D eigenvalue weighted by molar-refractivity contribution is 5.94. The van der Waals surface area contributed by atoms with Crippen molar-refractivity contribution in [3.63, 3.8) is 0 Å². The number of nitrogens with one attached hydrogen (secondary N) is 2. The van der Waals surface area contributed by atoms with Crippen LogP contribution in [0.1, 0.15) is 5.82 Å². The second kappa shape index (κ2) is 9.18. The van der Waals surface area contributed by atoms with Crippen LogP contribution < -0.4 is 10.2 Å². The van der Waals surface area contributed by atoms with Gasteiger partial charge in [0.25, 0.3) is 0 Å². The number of nitrogens with zero attached hydrogens (tertiary/aromatic N) is 4. The van der Waals surface area contributed by atoms with Crippen molar-refractivity contribution in [2.24, 2.45) is 0 Å². The molecule has 0 aliphatic carbocycles. The smallest absolute Gasteiger partial charge is 0.317 e. The Morgan fingerprint density at radius 3 is 2.59 bits per heavy atom. The van der Waals surface area contributed by atoms with Gasteiger partial charge in [0.1, 0.15) is 5.82 Å². The molecule has 3 amide bonds. The maximum Gasteiger partial charge on any atom is 0.317 e. The molecule has 1 aliphatic rings. The van der Waals surface area contributed by atoms with E-state index in [4.69, 9.17) is 0 Å². The van der Waals surface area contributed by atoms with E-state index < -0.39 is 0 Å². The lowest BCUT2D eigenvalue weighted by Crippen LogP contribution is -2.53. The molecule has 1 fully saturated rings. The molecular weight excluding hydrogens is 344 g/mol. The Hall–Kier alpha value is -2.87. The number of piperazine rings is 1. The van der Waals surface area contributed by atoms with Gasteiger partial charge in [-0.15, -0.1) is 0 Å². The molecule has 2 N–H and O–H groups in total. The largest absolute Gasteiger partial charge is 0.349 e. The quantitative estimate of drug-likeness (QED) is 0.793. The molecule has 144 valence electrons. The summed E-state index contributed by atoms with van der Waals surface area (Å²) in [6, 6.07) is 9.55. The van der Waals surface area contributed by atoms with Gasteiger partial charge in [0.05, 0.1) is 6.54 Å². The first-order chi connectivity index (χ1) is 13.1. The molecule has 0 radical (unpaired) electrons. The maximum absolute atomic E-state index is 12.5. The van der Waals surface area contributed by atoms with Crippen molar-refractivity contribution in [2.75, 3.05) is 51.2 Å². The monoisotopic (exact) mass is 370 g/mol. The molecular formula is C19H26N6O2. The van der Waals surface area contributed by atoms with Gasteiger partial charge in [-0.3, -0.25) is 9.69 Å². The Morgan fingerprint density at radius 2 is 1.93 bits per heavy atom. The van der Waals surface area contributed by atoms with Crippen LogP contribution >= 0.6 is 0 Å². The van der Waals surface area contributed by atoms with Gasteiger partial charge in [-0.2, -0.15) is 0 Å². The molecule has 1 aromatic carbocycles. The van der Waals surface area contributed by atoms with Crippen LogP contribution in [-0.4, -0.2) is 78.0 Å². The van der Waals surface area contributed by atoms with E-state index in [0.717, 1.165) is 11.5 Å². The number of para-hydroxylation sites is 1. The van der Waals surface area contributed by atoms with Crippen molar-refractivity contribution in [3.05, 3.63) is 48.5 Å². The minimum absolute atomic E-state index is 0.0533. The van der Waals surface area contributed by atoms with Crippen molar-refractivity contribution < 1.29 is 9.59 Å². The third kappa shape index (κ3) is 5.30. The van der Waals surface area contributed by atoms with Crippen LogP contribution in [0.2, 0.25) is 0 Å². The summed E-state index contributed by atoms with van der Waals surface area (Å²) in [5.74, 6) is 0.915. The van der Waals surface area contributed by atoms with Crippen molar-refractivity contribution in [1.82, 2.24) is 25.1 Å². The molecule has 0 saturated carbocycles. The highest BCUT2D eigenvalue weighted by Crippen LogP contribution is 2.12. The highest BCUT2D eigenvalue weighted by Gasteiger charge is 2.23. The third-order valence-electron chi connectivity index (χ3n) is 4.73. The average Bonchev–Trinajstić information content (AvgIpc) is 3.22. The Labute approximate surface area is 159 Å². The number of H-pyrrole nitrogens is 1. The van der Waals surface area contributed by atoms with E-state index in [1.807, 2.05) is 30.3 Å². The molecule has 8 nitrogen and oxygen atoms in total.